The molecule has 0 saturated carbocycles. The first-order valence-corrected chi connectivity index (χ1v) is 11.2. The van der Waals surface area contributed by atoms with E-state index in [9.17, 15) is 22.7 Å². The first kappa shape index (κ1) is 20.7. The molecular formula is C22H23FN2O4S. The number of sulfonamides is 1. The van der Waals surface area contributed by atoms with Gasteiger partial charge in [-0.25, -0.2) is 12.8 Å². The molecule has 0 bridgehead atoms. The van der Waals surface area contributed by atoms with Gasteiger partial charge in [0.1, 0.15) is 5.82 Å². The van der Waals surface area contributed by atoms with E-state index in [0.29, 0.717) is 0 Å². The second-order valence-corrected chi connectivity index (χ2v) is 9.50. The number of hydrogen-bond acceptors (Lipinski definition) is 4. The van der Waals surface area contributed by atoms with E-state index in [1.165, 1.54) is 18.2 Å². The number of halogens is 1. The van der Waals surface area contributed by atoms with Crippen molar-refractivity contribution in [3.63, 3.8) is 0 Å². The van der Waals surface area contributed by atoms with Gasteiger partial charge < -0.3 is 10.0 Å². The molecule has 4 rings (SSSR count). The van der Waals surface area contributed by atoms with Gasteiger partial charge in [0, 0.05) is 12.5 Å². The van der Waals surface area contributed by atoms with E-state index in [1.54, 1.807) is 4.90 Å². The number of benzene rings is 2. The number of rotatable bonds is 5. The molecule has 2 fully saturated rings. The lowest BCUT2D eigenvalue weighted by Gasteiger charge is -2.58. The van der Waals surface area contributed by atoms with Crippen molar-refractivity contribution in [1.82, 2.24) is 9.21 Å². The highest BCUT2D eigenvalue weighted by molar-refractivity contribution is 7.89. The number of carbonyl (C=O) groups excluding carboxylic acids is 1. The van der Waals surface area contributed by atoms with Crippen molar-refractivity contribution in [2.45, 2.75) is 29.8 Å². The Bertz CT molecular complexity index is 1080. The van der Waals surface area contributed by atoms with Crippen molar-refractivity contribution in [3.8, 4) is 0 Å². The van der Waals surface area contributed by atoms with Crippen LogP contribution in [0.15, 0.2) is 59.5 Å². The monoisotopic (exact) mass is 430 g/mol. The predicted molar refractivity (Wildman–Crippen MR) is 111 cm³/mol. The van der Waals surface area contributed by atoms with Crippen LogP contribution in [0.4, 0.5) is 4.39 Å². The first-order chi connectivity index (χ1) is 14.4. The van der Waals surface area contributed by atoms with Gasteiger partial charge in [0.25, 0.3) is 0 Å². The van der Waals surface area contributed by atoms with Gasteiger partial charge in [-0.05, 0) is 36.2 Å². The Kier molecular flexibility index (Phi) is 5.48. The third-order valence-corrected chi connectivity index (χ3v) is 7.64. The number of fused-ring (bicyclic) bond motifs is 1. The minimum Gasteiger partial charge on any atom is -0.394 e. The van der Waals surface area contributed by atoms with Crippen LogP contribution >= 0.6 is 0 Å². The van der Waals surface area contributed by atoms with E-state index in [-0.39, 0.29) is 48.5 Å². The van der Waals surface area contributed by atoms with Crippen LogP contribution in [0.2, 0.25) is 0 Å². The molecule has 2 aromatic rings. The highest BCUT2D eigenvalue weighted by atomic mass is 32.2. The summed E-state index contributed by atoms with van der Waals surface area (Å²) in [7, 11) is -4.01. The lowest BCUT2D eigenvalue weighted by molar-refractivity contribution is -0.158. The van der Waals surface area contributed by atoms with Crippen LogP contribution in [0.25, 0.3) is 6.08 Å². The number of aliphatic hydroxyl groups is 1. The van der Waals surface area contributed by atoms with Gasteiger partial charge in [0.05, 0.1) is 30.1 Å². The summed E-state index contributed by atoms with van der Waals surface area (Å²) in [6.07, 6.45) is 3.91. The van der Waals surface area contributed by atoms with E-state index in [2.05, 4.69) is 0 Å². The van der Waals surface area contributed by atoms with Crippen molar-refractivity contribution in [2.24, 2.45) is 0 Å². The van der Waals surface area contributed by atoms with Gasteiger partial charge >= 0.3 is 0 Å². The van der Waals surface area contributed by atoms with E-state index < -0.39 is 15.8 Å². The van der Waals surface area contributed by atoms with Crippen LogP contribution in [0.5, 0.6) is 0 Å². The number of amides is 1. The maximum absolute atomic E-state index is 13.6. The Morgan fingerprint density at radius 3 is 2.57 bits per heavy atom. The fraction of sp³-hybridized carbons (Fsp3) is 0.318. The molecule has 6 nitrogen and oxygen atoms in total. The Morgan fingerprint density at radius 2 is 1.93 bits per heavy atom. The fourth-order valence-corrected chi connectivity index (χ4v) is 5.89. The van der Waals surface area contributed by atoms with E-state index in [1.807, 2.05) is 43.3 Å². The fourth-order valence-electron chi connectivity index (χ4n) is 4.45. The van der Waals surface area contributed by atoms with Gasteiger partial charge in [-0.2, -0.15) is 4.31 Å². The summed E-state index contributed by atoms with van der Waals surface area (Å²) in [5.74, 6) is -1.18. The molecular weight excluding hydrogens is 407 g/mol. The molecule has 0 radical (unpaired) electrons. The lowest BCUT2D eigenvalue weighted by atomic mass is 9.74. The van der Waals surface area contributed by atoms with Crippen LogP contribution < -0.4 is 0 Å². The third-order valence-electron chi connectivity index (χ3n) is 5.84. The molecule has 30 heavy (non-hydrogen) atoms. The van der Waals surface area contributed by atoms with Crippen molar-refractivity contribution < 1.29 is 22.7 Å². The van der Waals surface area contributed by atoms with Crippen molar-refractivity contribution >= 4 is 22.0 Å². The molecule has 1 amide bonds. The molecule has 158 valence electrons. The number of hydrogen-bond donors (Lipinski definition) is 1. The largest absolute Gasteiger partial charge is 0.394 e. The lowest BCUT2D eigenvalue weighted by Crippen LogP contribution is -2.73. The number of aliphatic hydroxyl groups excluding tert-OH is 1. The second-order valence-electron chi connectivity index (χ2n) is 7.57. The molecule has 0 aliphatic carbocycles. The molecule has 0 spiro atoms. The normalized spacial score (nSPS) is 24.7. The van der Waals surface area contributed by atoms with Crippen LogP contribution in [0, 0.1) is 5.82 Å². The highest BCUT2D eigenvalue weighted by Crippen LogP contribution is 2.43. The van der Waals surface area contributed by atoms with Crippen LogP contribution in [0.1, 0.15) is 24.0 Å². The summed E-state index contributed by atoms with van der Waals surface area (Å²) in [6.45, 7) is 1.52. The zero-order valence-electron chi connectivity index (χ0n) is 16.5. The Balaban J connectivity index is 1.63. The standard InChI is InChI=1S/C22H23FN2O4S/c1-2-4-15-7-9-16(10-8-15)22-19-12-24(13-21(27)25(19)20(22)14-26)30(28,29)18-6-3-5-17(23)11-18/h2-11,19-20,22,26H,12-14H2,1H3/b4-2+/t19-,20-,22+/m0/s1. The van der Waals surface area contributed by atoms with Gasteiger partial charge in [-0.15, -0.1) is 0 Å². The maximum atomic E-state index is 13.6. The molecule has 2 aliphatic heterocycles. The van der Waals surface area contributed by atoms with E-state index in [0.717, 1.165) is 21.5 Å². The summed E-state index contributed by atoms with van der Waals surface area (Å²) in [4.78, 5) is 14.1. The summed E-state index contributed by atoms with van der Waals surface area (Å²) in [6, 6.07) is 11.8. The van der Waals surface area contributed by atoms with Gasteiger partial charge in [-0.3, -0.25) is 4.79 Å². The minimum absolute atomic E-state index is 0.0996. The smallest absolute Gasteiger partial charge is 0.243 e. The highest BCUT2D eigenvalue weighted by Gasteiger charge is 2.55. The van der Waals surface area contributed by atoms with Crippen molar-refractivity contribution in [2.75, 3.05) is 19.7 Å². The molecule has 0 aromatic heterocycles. The molecule has 3 atom stereocenters. The zero-order valence-corrected chi connectivity index (χ0v) is 17.3. The Hall–Kier alpha value is -2.55. The molecule has 1 N–H and O–H groups in total. The number of allylic oxidation sites excluding steroid dienone is 1. The van der Waals surface area contributed by atoms with Gasteiger partial charge in [-0.1, -0.05) is 42.5 Å². The summed E-state index contributed by atoms with van der Waals surface area (Å²) in [5.41, 5.74) is 1.98. The average molecular weight is 431 g/mol. The molecule has 2 aliphatic rings. The summed E-state index contributed by atoms with van der Waals surface area (Å²) >= 11 is 0. The maximum Gasteiger partial charge on any atom is 0.243 e. The second kappa shape index (κ2) is 7.94. The van der Waals surface area contributed by atoms with Crippen molar-refractivity contribution in [1.29, 1.82) is 0 Å². The molecule has 2 aromatic carbocycles. The summed E-state index contributed by atoms with van der Waals surface area (Å²) < 4.78 is 40.7. The topological polar surface area (TPSA) is 77.9 Å². The third kappa shape index (κ3) is 3.45. The molecule has 2 saturated heterocycles. The van der Waals surface area contributed by atoms with Crippen molar-refractivity contribution in [3.05, 3.63) is 71.6 Å². The SMILES string of the molecule is C/C=C/c1ccc([C@H]2[C@H](CO)N3C(=O)CN(S(=O)(=O)c4cccc(F)c4)C[C@@H]23)cc1. The zero-order chi connectivity index (χ0) is 21.5. The van der Waals surface area contributed by atoms with Gasteiger partial charge in [0.2, 0.25) is 15.9 Å². The first-order valence-electron chi connectivity index (χ1n) is 9.77. The predicted octanol–water partition coefficient (Wildman–Crippen LogP) is 2.22. The average Bonchev–Trinajstić information content (AvgIpc) is 2.71. The quantitative estimate of drug-likeness (QED) is 0.789. The molecule has 8 heteroatoms. The summed E-state index contributed by atoms with van der Waals surface area (Å²) in [5, 5.41) is 9.87. The Labute approximate surface area is 175 Å². The number of piperazine rings is 1. The van der Waals surface area contributed by atoms with E-state index >= 15 is 0 Å². The minimum atomic E-state index is -4.01. The van der Waals surface area contributed by atoms with Crippen LogP contribution in [-0.4, -0.2) is 60.4 Å². The Morgan fingerprint density at radius 1 is 1.20 bits per heavy atom. The molecule has 2 heterocycles. The number of nitrogens with zero attached hydrogens (tertiary/aromatic N) is 2. The number of carbonyl (C=O) groups is 1. The van der Waals surface area contributed by atoms with E-state index in [4.69, 9.17) is 0 Å². The molecule has 0 unspecified atom stereocenters. The van der Waals surface area contributed by atoms with Gasteiger partial charge in [0.15, 0.2) is 0 Å². The van der Waals surface area contributed by atoms with Crippen LogP contribution in [0.3, 0.4) is 0 Å². The van der Waals surface area contributed by atoms with Crippen LogP contribution in [-0.2, 0) is 14.8 Å².